The summed E-state index contributed by atoms with van der Waals surface area (Å²) in [4.78, 5) is 0. The summed E-state index contributed by atoms with van der Waals surface area (Å²) in [7, 11) is 0. The van der Waals surface area contributed by atoms with Crippen LogP contribution in [0.1, 0.15) is 16.7 Å². The van der Waals surface area contributed by atoms with Crippen molar-refractivity contribution in [3.63, 3.8) is 0 Å². The van der Waals surface area contributed by atoms with Crippen molar-refractivity contribution in [2.45, 2.75) is 13.8 Å². The normalized spacial score (nSPS) is 10.8. The SMILES string of the molecule is Cc1cccc(C=CCOc2ccccc2)c1C. The minimum atomic E-state index is 0.595. The van der Waals surface area contributed by atoms with E-state index in [0.29, 0.717) is 6.61 Å². The lowest BCUT2D eigenvalue weighted by Gasteiger charge is -2.04. The Bertz CT molecular complexity index is 527. The van der Waals surface area contributed by atoms with E-state index in [-0.39, 0.29) is 0 Å². The number of hydrogen-bond acceptors (Lipinski definition) is 1. The molecule has 0 fully saturated rings. The Labute approximate surface area is 109 Å². The van der Waals surface area contributed by atoms with Crippen LogP contribution in [0.25, 0.3) is 6.08 Å². The molecule has 1 nitrogen and oxygen atoms in total. The van der Waals surface area contributed by atoms with Gasteiger partial charge in [-0.05, 0) is 48.7 Å². The molecule has 0 radical (unpaired) electrons. The first-order chi connectivity index (χ1) is 8.77. The molecule has 0 saturated heterocycles. The molecule has 0 amide bonds. The molecule has 0 spiro atoms. The molecule has 2 aromatic rings. The molecule has 0 saturated carbocycles. The van der Waals surface area contributed by atoms with Gasteiger partial charge in [0.05, 0.1) is 0 Å². The van der Waals surface area contributed by atoms with Crippen LogP contribution in [0.15, 0.2) is 54.6 Å². The zero-order chi connectivity index (χ0) is 12.8. The topological polar surface area (TPSA) is 9.23 Å². The molecule has 1 heteroatoms. The summed E-state index contributed by atoms with van der Waals surface area (Å²) >= 11 is 0. The largest absolute Gasteiger partial charge is 0.490 e. The van der Waals surface area contributed by atoms with Crippen LogP contribution < -0.4 is 4.74 Å². The van der Waals surface area contributed by atoms with E-state index in [1.807, 2.05) is 30.3 Å². The highest BCUT2D eigenvalue weighted by Crippen LogP contribution is 2.14. The minimum Gasteiger partial charge on any atom is -0.490 e. The van der Waals surface area contributed by atoms with Crippen LogP contribution in [0, 0.1) is 13.8 Å². The zero-order valence-electron chi connectivity index (χ0n) is 10.9. The third-order valence-electron chi connectivity index (χ3n) is 3.03. The van der Waals surface area contributed by atoms with E-state index in [1.54, 1.807) is 0 Å². The van der Waals surface area contributed by atoms with Gasteiger partial charge in [0, 0.05) is 0 Å². The highest BCUT2D eigenvalue weighted by atomic mass is 16.5. The van der Waals surface area contributed by atoms with Gasteiger partial charge in [-0.2, -0.15) is 0 Å². The molecule has 0 heterocycles. The van der Waals surface area contributed by atoms with Gasteiger partial charge in [-0.3, -0.25) is 0 Å². The van der Waals surface area contributed by atoms with Gasteiger partial charge in [-0.15, -0.1) is 0 Å². The smallest absolute Gasteiger partial charge is 0.119 e. The molecule has 92 valence electrons. The first-order valence-corrected chi connectivity index (χ1v) is 6.18. The number of hydrogen-bond donors (Lipinski definition) is 0. The number of ether oxygens (including phenoxy) is 1. The predicted octanol–water partition coefficient (Wildman–Crippen LogP) is 4.40. The van der Waals surface area contributed by atoms with E-state index in [9.17, 15) is 0 Å². The second-order valence-electron chi connectivity index (χ2n) is 4.32. The summed E-state index contributed by atoms with van der Waals surface area (Å²) in [6, 6.07) is 16.2. The van der Waals surface area contributed by atoms with Gasteiger partial charge < -0.3 is 4.74 Å². The van der Waals surface area contributed by atoms with Gasteiger partial charge in [0.15, 0.2) is 0 Å². The number of benzene rings is 2. The van der Waals surface area contributed by atoms with Crippen molar-refractivity contribution in [1.82, 2.24) is 0 Å². The average Bonchev–Trinajstić information content (AvgIpc) is 2.40. The molecule has 2 rings (SSSR count). The van der Waals surface area contributed by atoms with Crippen LogP contribution >= 0.6 is 0 Å². The molecule has 0 aliphatic carbocycles. The summed E-state index contributed by atoms with van der Waals surface area (Å²) < 4.78 is 5.61. The molecule has 0 atom stereocenters. The second kappa shape index (κ2) is 6.06. The van der Waals surface area contributed by atoms with E-state index >= 15 is 0 Å². The van der Waals surface area contributed by atoms with Crippen molar-refractivity contribution in [2.75, 3.05) is 6.61 Å². The molecule has 0 bridgehead atoms. The van der Waals surface area contributed by atoms with E-state index in [1.165, 1.54) is 16.7 Å². The average molecular weight is 238 g/mol. The zero-order valence-corrected chi connectivity index (χ0v) is 10.9. The van der Waals surface area contributed by atoms with Gasteiger partial charge in [0.2, 0.25) is 0 Å². The molecule has 0 N–H and O–H groups in total. The number of rotatable bonds is 4. The van der Waals surface area contributed by atoms with Gasteiger partial charge in [-0.25, -0.2) is 0 Å². The standard InChI is InChI=1S/C17H18O/c1-14-8-6-9-16(15(14)2)10-7-13-18-17-11-4-3-5-12-17/h3-12H,13H2,1-2H3. The van der Waals surface area contributed by atoms with E-state index in [0.717, 1.165) is 5.75 Å². The maximum atomic E-state index is 5.61. The Morgan fingerprint density at radius 2 is 1.72 bits per heavy atom. The summed E-state index contributed by atoms with van der Waals surface area (Å²) in [5.41, 5.74) is 3.90. The molecular formula is C17H18O. The van der Waals surface area contributed by atoms with E-state index in [2.05, 4.69) is 44.2 Å². The van der Waals surface area contributed by atoms with E-state index in [4.69, 9.17) is 4.74 Å². The van der Waals surface area contributed by atoms with Crippen LogP contribution in [0.2, 0.25) is 0 Å². The van der Waals surface area contributed by atoms with Crippen molar-refractivity contribution in [3.05, 3.63) is 71.3 Å². The van der Waals surface area contributed by atoms with E-state index < -0.39 is 0 Å². The fourth-order valence-corrected chi connectivity index (χ4v) is 1.79. The Kier molecular flexibility index (Phi) is 4.19. The lowest BCUT2D eigenvalue weighted by molar-refractivity contribution is 0.363. The van der Waals surface area contributed by atoms with Crippen LogP contribution in [0.3, 0.4) is 0 Å². The van der Waals surface area contributed by atoms with Gasteiger partial charge in [0.1, 0.15) is 12.4 Å². The first kappa shape index (κ1) is 12.4. The highest BCUT2D eigenvalue weighted by Gasteiger charge is 1.96. The number of aryl methyl sites for hydroxylation is 1. The Balaban J connectivity index is 1.94. The summed E-state index contributed by atoms with van der Waals surface area (Å²) in [5.74, 6) is 0.906. The molecule has 2 aromatic carbocycles. The van der Waals surface area contributed by atoms with Crippen molar-refractivity contribution < 1.29 is 4.74 Å². The quantitative estimate of drug-likeness (QED) is 0.767. The lowest BCUT2D eigenvalue weighted by Crippen LogP contribution is -1.93. The molecular weight excluding hydrogens is 220 g/mol. The summed E-state index contributed by atoms with van der Waals surface area (Å²) in [6.45, 7) is 4.87. The molecule has 0 aliphatic heterocycles. The Hall–Kier alpha value is -2.02. The maximum absolute atomic E-state index is 5.61. The van der Waals surface area contributed by atoms with Gasteiger partial charge >= 0.3 is 0 Å². The van der Waals surface area contributed by atoms with Gasteiger partial charge in [0.25, 0.3) is 0 Å². The number of para-hydroxylation sites is 1. The predicted molar refractivity (Wildman–Crippen MR) is 76.9 cm³/mol. The molecule has 0 unspecified atom stereocenters. The third kappa shape index (κ3) is 3.24. The van der Waals surface area contributed by atoms with Crippen molar-refractivity contribution in [1.29, 1.82) is 0 Å². The van der Waals surface area contributed by atoms with Crippen LogP contribution in [0.5, 0.6) is 5.75 Å². The van der Waals surface area contributed by atoms with Crippen LogP contribution in [0.4, 0.5) is 0 Å². The van der Waals surface area contributed by atoms with Crippen molar-refractivity contribution in [3.8, 4) is 5.75 Å². The fraction of sp³-hybridized carbons (Fsp3) is 0.176. The highest BCUT2D eigenvalue weighted by molar-refractivity contribution is 5.55. The van der Waals surface area contributed by atoms with Crippen LogP contribution in [-0.2, 0) is 0 Å². The third-order valence-corrected chi connectivity index (χ3v) is 3.03. The minimum absolute atomic E-state index is 0.595. The van der Waals surface area contributed by atoms with Crippen molar-refractivity contribution in [2.24, 2.45) is 0 Å². The molecule has 0 aromatic heterocycles. The monoisotopic (exact) mass is 238 g/mol. The Morgan fingerprint density at radius 3 is 2.50 bits per heavy atom. The summed E-state index contributed by atoms with van der Waals surface area (Å²) in [5, 5.41) is 0. The van der Waals surface area contributed by atoms with Crippen molar-refractivity contribution >= 4 is 6.08 Å². The van der Waals surface area contributed by atoms with Crippen LogP contribution in [-0.4, -0.2) is 6.61 Å². The maximum Gasteiger partial charge on any atom is 0.119 e. The first-order valence-electron chi connectivity index (χ1n) is 6.18. The fourth-order valence-electron chi connectivity index (χ4n) is 1.79. The summed E-state index contributed by atoms with van der Waals surface area (Å²) in [6.07, 6.45) is 4.17. The Morgan fingerprint density at radius 1 is 0.944 bits per heavy atom. The molecule has 18 heavy (non-hydrogen) atoms. The molecule has 0 aliphatic rings. The van der Waals surface area contributed by atoms with Gasteiger partial charge in [-0.1, -0.05) is 42.5 Å². The lowest BCUT2D eigenvalue weighted by atomic mass is 10.0. The second-order valence-corrected chi connectivity index (χ2v) is 4.32.